The van der Waals surface area contributed by atoms with E-state index in [1.165, 1.54) is 11.0 Å². The van der Waals surface area contributed by atoms with Crippen LogP contribution in [0.5, 0.6) is 5.75 Å². The van der Waals surface area contributed by atoms with Gasteiger partial charge in [0.15, 0.2) is 0 Å². The van der Waals surface area contributed by atoms with E-state index in [1.807, 2.05) is 0 Å². The van der Waals surface area contributed by atoms with Gasteiger partial charge in [-0.1, -0.05) is 30.3 Å². The Morgan fingerprint density at radius 1 is 1.00 bits per heavy atom. The van der Waals surface area contributed by atoms with Gasteiger partial charge in [0.05, 0.1) is 12.2 Å². The van der Waals surface area contributed by atoms with E-state index in [0.29, 0.717) is 11.3 Å². The van der Waals surface area contributed by atoms with Gasteiger partial charge in [-0.3, -0.25) is 14.7 Å². The molecular formula is C21H19N3O4. The largest absolute Gasteiger partial charge is 0.506 e. The summed E-state index contributed by atoms with van der Waals surface area (Å²) in [5.41, 5.74) is 7.44. The van der Waals surface area contributed by atoms with E-state index in [9.17, 15) is 14.7 Å². The van der Waals surface area contributed by atoms with Crippen molar-refractivity contribution in [3.05, 3.63) is 89.7 Å². The summed E-state index contributed by atoms with van der Waals surface area (Å²) >= 11 is 0. The Balaban J connectivity index is 1.81. The topological polar surface area (TPSA) is 106 Å². The number of carbonyl (C=O) groups excluding carboxylic acids is 2. The third-order valence-electron chi connectivity index (χ3n) is 4.06. The second kappa shape index (κ2) is 8.68. The molecule has 2 aromatic carbocycles. The Morgan fingerprint density at radius 3 is 2.39 bits per heavy atom. The van der Waals surface area contributed by atoms with E-state index in [2.05, 4.69) is 4.98 Å². The first-order valence-electron chi connectivity index (χ1n) is 8.54. The highest BCUT2D eigenvalue weighted by Crippen LogP contribution is 2.28. The molecule has 0 fully saturated rings. The molecule has 28 heavy (non-hydrogen) atoms. The minimum atomic E-state index is -0.621. The Hall–Kier alpha value is -3.87. The predicted molar refractivity (Wildman–Crippen MR) is 104 cm³/mol. The highest BCUT2D eigenvalue weighted by Gasteiger charge is 2.21. The van der Waals surface area contributed by atoms with Crippen LogP contribution in [0.1, 0.15) is 21.5 Å². The SMILES string of the molecule is NC(=O)c1ccc(CN(C(=O)OCc2cccnc2)c2ccccc2O)cc1. The van der Waals surface area contributed by atoms with Gasteiger partial charge in [-0.25, -0.2) is 4.79 Å². The number of hydrogen-bond donors (Lipinski definition) is 2. The number of benzene rings is 2. The minimum Gasteiger partial charge on any atom is -0.506 e. The number of nitrogens with zero attached hydrogens (tertiary/aromatic N) is 2. The van der Waals surface area contributed by atoms with E-state index in [4.69, 9.17) is 10.5 Å². The number of carbonyl (C=O) groups is 2. The summed E-state index contributed by atoms with van der Waals surface area (Å²) in [6.45, 7) is 0.194. The summed E-state index contributed by atoms with van der Waals surface area (Å²) in [5, 5.41) is 10.2. The lowest BCUT2D eigenvalue weighted by atomic mass is 10.1. The summed E-state index contributed by atoms with van der Waals surface area (Å²) in [4.78, 5) is 29.3. The maximum absolute atomic E-state index is 12.7. The fourth-order valence-corrected chi connectivity index (χ4v) is 2.60. The molecule has 3 aromatic rings. The van der Waals surface area contributed by atoms with Crippen LogP contribution in [0.4, 0.5) is 10.5 Å². The van der Waals surface area contributed by atoms with Crippen LogP contribution in [-0.4, -0.2) is 22.1 Å². The van der Waals surface area contributed by atoms with Crippen molar-refractivity contribution >= 4 is 17.7 Å². The molecule has 0 atom stereocenters. The van der Waals surface area contributed by atoms with Crippen molar-refractivity contribution in [2.45, 2.75) is 13.2 Å². The zero-order valence-electron chi connectivity index (χ0n) is 15.0. The van der Waals surface area contributed by atoms with Crippen LogP contribution in [0, 0.1) is 0 Å². The summed E-state index contributed by atoms with van der Waals surface area (Å²) in [6, 6.07) is 16.6. The molecule has 0 radical (unpaired) electrons. The fraction of sp³-hybridized carbons (Fsp3) is 0.0952. The molecule has 0 unspecified atom stereocenters. The Morgan fingerprint density at radius 2 is 1.75 bits per heavy atom. The molecule has 3 rings (SSSR count). The summed E-state index contributed by atoms with van der Waals surface area (Å²) < 4.78 is 5.40. The van der Waals surface area contributed by atoms with Gasteiger partial charge in [0.1, 0.15) is 12.4 Å². The number of amides is 2. The standard InChI is InChI=1S/C21H19N3O4/c22-20(26)17-9-7-15(8-10-17)13-24(18-5-1-2-6-19(18)25)21(27)28-14-16-4-3-11-23-12-16/h1-12,25H,13-14H2,(H2,22,26). The lowest BCUT2D eigenvalue weighted by Gasteiger charge is -2.23. The van der Waals surface area contributed by atoms with Crippen molar-refractivity contribution in [3.63, 3.8) is 0 Å². The number of pyridine rings is 1. The van der Waals surface area contributed by atoms with Crippen molar-refractivity contribution in [1.82, 2.24) is 4.98 Å². The number of phenols is 1. The number of hydrogen-bond acceptors (Lipinski definition) is 5. The van der Waals surface area contributed by atoms with Crippen LogP contribution >= 0.6 is 0 Å². The number of para-hydroxylation sites is 2. The summed E-state index contributed by atoms with van der Waals surface area (Å²) in [5.74, 6) is -0.574. The van der Waals surface area contributed by atoms with E-state index < -0.39 is 12.0 Å². The first-order valence-corrected chi connectivity index (χ1v) is 8.54. The molecular weight excluding hydrogens is 358 g/mol. The molecule has 0 saturated heterocycles. The second-order valence-corrected chi connectivity index (χ2v) is 6.05. The number of aromatic nitrogens is 1. The smallest absolute Gasteiger partial charge is 0.415 e. The molecule has 0 aliphatic heterocycles. The average molecular weight is 377 g/mol. The van der Waals surface area contributed by atoms with Crippen molar-refractivity contribution < 1.29 is 19.4 Å². The molecule has 0 bridgehead atoms. The number of aromatic hydroxyl groups is 1. The molecule has 3 N–H and O–H groups in total. The lowest BCUT2D eigenvalue weighted by Crippen LogP contribution is -2.31. The van der Waals surface area contributed by atoms with Gasteiger partial charge in [0, 0.05) is 23.5 Å². The molecule has 2 amide bonds. The van der Waals surface area contributed by atoms with Gasteiger partial charge in [-0.2, -0.15) is 0 Å². The van der Waals surface area contributed by atoms with Gasteiger partial charge in [-0.05, 0) is 35.9 Å². The molecule has 7 heteroatoms. The summed E-state index contributed by atoms with van der Waals surface area (Å²) in [6.07, 6.45) is 2.62. The number of anilines is 1. The van der Waals surface area contributed by atoms with Gasteiger partial charge < -0.3 is 15.6 Å². The van der Waals surface area contributed by atoms with Gasteiger partial charge >= 0.3 is 6.09 Å². The second-order valence-electron chi connectivity index (χ2n) is 6.05. The molecule has 0 spiro atoms. The monoisotopic (exact) mass is 377 g/mol. The Bertz CT molecular complexity index is 959. The van der Waals surface area contributed by atoms with E-state index in [0.717, 1.165) is 11.1 Å². The average Bonchev–Trinajstić information content (AvgIpc) is 2.72. The van der Waals surface area contributed by atoms with Gasteiger partial charge in [-0.15, -0.1) is 0 Å². The van der Waals surface area contributed by atoms with Gasteiger partial charge in [0.2, 0.25) is 5.91 Å². The number of phenolic OH excluding ortho intramolecular Hbond substituents is 1. The molecule has 7 nitrogen and oxygen atoms in total. The molecule has 1 aromatic heterocycles. The first-order chi connectivity index (χ1) is 13.5. The van der Waals surface area contributed by atoms with Crippen LogP contribution < -0.4 is 10.6 Å². The van der Waals surface area contributed by atoms with Crippen LogP contribution in [0.3, 0.4) is 0 Å². The third kappa shape index (κ3) is 4.64. The van der Waals surface area contributed by atoms with Crippen LogP contribution in [0.15, 0.2) is 73.1 Å². The number of nitrogens with two attached hydrogens (primary N) is 1. The molecule has 1 heterocycles. The molecule has 0 saturated carbocycles. The van der Waals surface area contributed by atoms with E-state index in [1.54, 1.807) is 67.0 Å². The van der Waals surface area contributed by atoms with Crippen molar-refractivity contribution in [1.29, 1.82) is 0 Å². The van der Waals surface area contributed by atoms with Crippen molar-refractivity contribution in [3.8, 4) is 5.75 Å². The first kappa shape index (κ1) is 18.9. The Labute approximate surface area is 162 Å². The number of primary amides is 1. The quantitative estimate of drug-likeness (QED) is 0.686. The lowest BCUT2D eigenvalue weighted by molar-refractivity contribution is 0.1000. The van der Waals surface area contributed by atoms with Crippen molar-refractivity contribution in [2.24, 2.45) is 5.73 Å². The van der Waals surface area contributed by atoms with E-state index >= 15 is 0 Å². The fourth-order valence-electron chi connectivity index (χ4n) is 2.60. The normalized spacial score (nSPS) is 10.3. The zero-order chi connectivity index (χ0) is 19.9. The maximum Gasteiger partial charge on any atom is 0.415 e. The zero-order valence-corrected chi connectivity index (χ0v) is 15.0. The molecule has 0 aliphatic rings. The highest BCUT2D eigenvalue weighted by molar-refractivity contribution is 5.93. The van der Waals surface area contributed by atoms with Gasteiger partial charge in [0.25, 0.3) is 0 Å². The predicted octanol–water partition coefficient (Wildman–Crippen LogP) is 3.23. The third-order valence-corrected chi connectivity index (χ3v) is 4.06. The molecule has 0 aliphatic carbocycles. The van der Waals surface area contributed by atoms with Crippen LogP contribution in [-0.2, 0) is 17.9 Å². The minimum absolute atomic E-state index is 0.0467. The molecule has 142 valence electrons. The Kier molecular flexibility index (Phi) is 5.86. The maximum atomic E-state index is 12.7. The highest BCUT2D eigenvalue weighted by atomic mass is 16.6. The van der Waals surface area contributed by atoms with Crippen molar-refractivity contribution in [2.75, 3.05) is 4.90 Å². The number of ether oxygens (including phenoxy) is 1. The summed E-state index contributed by atoms with van der Waals surface area (Å²) in [7, 11) is 0. The van der Waals surface area contributed by atoms with E-state index in [-0.39, 0.29) is 18.9 Å². The van der Waals surface area contributed by atoms with Crippen LogP contribution in [0.25, 0.3) is 0 Å². The number of rotatable bonds is 6. The van der Waals surface area contributed by atoms with Crippen LogP contribution in [0.2, 0.25) is 0 Å².